The summed E-state index contributed by atoms with van der Waals surface area (Å²) in [4.78, 5) is 11.1. The summed E-state index contributed by atoms with van der Waals surface area (Å²) in [6.07, 6.45) is 1.57. The van der Waals surface area contributed by atoms with E-state index in [1.54, 1.807) is 13.0 Å². The maximum absolute atomic E-state index is 11.1. The molecule has 0 rings (SSSR count). The van der Waals surface area contributed by atoms with Crippen molar-refractivity contribution in [2.75, 3.05) is 11.9 Å². The van der Waals surface area contributed by atoms with Gasteiger partial charge in [-0.2, -0.15) is 0 Å². The Balaban J connectivity index is 4.48. The molecule has 0 saturated heterocycles. The summed E-state index contributed by atoms with van der Waals surface area (Å²) in [5.74, 6) is -0.258. The van der Waals surface area contributed by atoms with Crippen LogP contribution in [-0.4, -0.2) is 17.9 Å². The van der Waals surface area contributed by atoms with Crippen molar-refractivity contribution in [2.45, 2.75) is 27.7 Å². The second-order valence-electron chi connectivity index (χ2n) is 3.81. The maximum atomic E-state index is 11.1. The largest absolute Gasteiger partial charge is 0.463 e. The Kier molecular flexibility index (Phi) is 5.30. The second kappa shape index (κ2) is 5.43. The quantitative estimate of drug-likeness (QED) is 0.436. The monoisotopic (exact) mass is 248 g/mol. The molecule has 0 aromatic rings. The summed E-state index contributed by atoms with van der Waals surface area (Å²) in [7, 11) is 0. The highest BCUT2D eigenvalue weighted by atomic mass is 79.9. The van der Waals surface area contributed by atoms with Gasteiger partial charge in [0.15, 0.2) is 0 Å². The van der Waals surface area contributed by atoms with E-state index in [0.29, 0.717) is 11.9 Å². The highest BCUT2D eigenvalue weighted by molar-refractivity contribution is 9.09. The van der Waals surface area contributed by atoms with E-state index in [0.717, 1.165) is 5.57 Å². The van der Waals surface area contributed by atoms with Crippen LogP contribution in [-0.2, 0) is 9.53 Å². The fourth-order valence-electron chi connectivity index (χ4n) is 0.782. The molecule has 0 aromatic heterocycles. The summed E-state index contributed by atoms with van der Waals surface area (Å²) < 4.78 is 4.83. The zero-order valence-electron chi connectivity index (χ0n) is 8.69. The lowest BCUT2D eigenvalue weighted by atomic mass is 9.87. The summed E-state index contributed by atoms with van der Waals surface area (Å²) in [6, 6.07) is 0. The van der Waals surface area contributed by atoms with Crippen LogP contribution >= 0.6 is 15.9 Å². The van der Waals surface area contributed by atoms with E-state index in [4.69, 9.17) is 4.74 Å². The molecule has 0 saturated carbocycles. The Hall–Kier alpha value is -0.310. The summed E-state index contributed by atoms with van der Waals surface area (Å²) in [6.45, 7) is 8.43. The molecule has 0 radical (unpaired) electrons. The van der Waals surface area contributed by atoms with Gasteiger partial charge in [0.1, 0.15) is 0 Å². The van der Waals surface area contributed by atoms with Gasteiger partial charge in [0.2, 0.25) is 0 Å². The van der Waals surface area contributed by atoms with Gasteiger partial charge in [-0.15, -0.1) is 0 Å². The first-order chi connectivity index (χ1) is 5.91. The van der Waals surface area contributed by atoms with Crippen LogP contribution in [0.15, 0.2) is 11.6 Å². The Bertz CT molecular complexity index is 201. The third-order valence-electron chi connectivity index (χ3n) is 1.69. The minimum absolute atomic E-state index is 0.0102. The molecule has 0 aromatic carbocycles. The average molecular weight is 249 g/mol. The van der Waals surface area contributed by atoms with Gasteiger partial charge in [0.25, 0.3) is 0 Å². The number of hydrogen-bond acceptors (Lipinski definition) is 2. The lowest BCUT2D eigenvalue weighted by Crippen LogP contribution is -2.13. The third-order valence-corrected chi connectivity index (χ3v) is 2.29. The van der Waals surface area contributed by atoms with Crippen molar-refractivity contribution in [3.8, 4) is 0 Å². The normalized spacial score (nSPS) is 12.8. The molecular weight excluding hydrogens is 232 g/mol. The van der Waals surface area contributed by atoms with Crippen LogP contribution in [0.4, 0.5) is 0 Å². The highest BCUT2D eigenvalue weighted by Crippen LogP contribution is 2.26. The van der Waals surface area contributed by atoms with Crippen molar-refractivity contribution in [3.05, 3.63) is 11.6 Å². The number of carbonyl (C=O) groups is 1. The fraction of sp³-hybridized carbons (Fsp3) is 0.700. The molecular formula is C10H17BrO2. The summed E-state index contributed by atoms with van der Waals surface area (Å²) >= 11 is 3.36. The fourth-order valence-corrected chi connectivity index (χ4v) is 1.78. The maximum Gasteiger partial charge on any atom is 0.330 e. The molecule has 0 aliphatic heterocycles. The third kappa shape index (κ3) is 5.09. The van der Waals surface area contributed by atoms with Gasteiger partial charge in [-0.1, -0.05) is 36.7 Å². The first kappa shape index (κ1) is 12.7. The van der Waals surface area contributed by atoms with E-state index in [1.807, 2.05) is 0 Å². The van der Waals surface area contributed by atoms with Gasteiger partial charge in [0, 0.05) is 11.4 Å². The molecule has 3 heteroatoms. The Labute approximate surface area is 88.5 Å². The van der Waals surface area contributed by atoms with Crippen LogP contribution in [0.1, 0.15) is 27.7 Å². The van der Waals surface area contributed by atoms with E-state index in [1.165, 1.54) is 0 Å². The lowest BCUT2D eigenvalue weighted by molar-refractivity contribution is -0.137. The first-order valence-corrected chi connectivity index (χ1v) is 5.47. The molecule has 2 nitrogen and oxygen atoms in total. The second-order valence-corrected chi connectivity index (χ2v) is 4.37. The molecule has 0 fully saturated rings. The number of hydrogen-bond donors (Lipinski definition) is 0. The summed E-state index contributed by atoms with van der Waals surface area (Å²) in [5.41, 5.74) is 1.06. The molecule has 0 heterocycles. The molecule has 0 aliphatic rings. The van der Waals surface area contributed by atoms with Gasteiger partial charge in [-0.05, 0) is 17.9 Å². The molecule has 0 bridgehead atoms. The highest BCUT2D eigenvalue weighted by Gasteiger charge is 2.17. The van der Waals surface area contributed by atoms with E-state index in [-0.39, 0.29) is 11.4 Å². The molecule has 0 amide bonds. The van der Waals surface area contributed by atoms with Crippen LogP contribution in [0.3, 0.4) is 0 Å². The van der Waals surface area contributed by atoms with E-state index < -0.39 is 0 Å². The van der Waals surface area contributed by atoms with E-state index in [2.05, 4.69) is 36.7 Å². The van der Waals surface area contributed by atoms with Crippen LogP contribution in [0.25, 0.3) is 0 Å². The minimum Gasteiger partial charge on any atom is -0.463 e. The van der Waals surface area contributed by atoms with E-state index >= 15 is 0 Å². The number of rotatable bonds is 3. The standard InChI is InChI=1S/C10H17BrO2/c1-5-13-9(12)6-8(7-11)10(2,3)4/h6H,5,7H2,1-4H3. The average Bonchev–Trinajstić information content (AvgIpc) is 1.98. The van der Waals surface area contributed by atoms with Crippen LogP contribution in [0, 0.1) is 5.41 Å². The molecule has 76 valence electrons. The Morgan fingerprint density at radius 2 is 2.00 bits per heavy atom. The topological polar surface area (TPSA) is 26.3 Å². The van der Waals surface area contributed by atoms with Gasteiger partial charge in [-0.3, -0.25) is 0 Å². The van der Waals surface area contributed by atoms with Crippen molar-refractivity contribution in [1.82, 2.24) is 0 Å². The first-order valence-electron chi connectivity index (χ1n) is 4.35. The van der Waals surface area contributed by atoms with Crippen LogP contribution < -0.4 is 0 Å². The van der Waals surface area contributed by atoms with Gasteiger partial charge >= 0.3 is 5.97 Å². The van der Waals surface area contributed by atoms with Gasteiger partial charge < -0.3 is 4.74 Å². The number of halogens is 1. The summed E-state index contributed by atoms with van der Waals surface area (Å²) in [5, 5.41) is 0.704. The predicted octanol–water partition coefficient (Wildman–Crippen LogP) is 2.92. The molecule has 0 spiro atoms. The van der Waals surface area contributed by atoms with Gasteiger partial charge in [-0.25, -0.2) is 4.79 Å². The van der Waals surface area contributed by atoms with Crippen LogP contribution in [0.5, 0.6) is 0 Å². The van der Waals surface area contributed by atoms with Gasteiger partial charge in [0.05, 0.1) is 6.61 Å². The van der Waals surface area contributed by atoms with Crippen molar-refractivity contribution < 1.29 is 9.53 Å². The number of ether oxygens (including phenoxy) is 1. The zero-order chi connectivity index (χ0) is 10.5. The van der Waals surface area contributed by atoms with Crippen molar-refractivity contribution in [1.29, 1.82) is 0 Å². The molecule has 13 heavy (non-hydrogen) atoms. The number of esters is 1. The lowest BCUT2D eigenvalue weighted by Gasteiger charge is -2.20. The zero-order valence-corrected chi connectivity index (χ0v) is 10.3. The minimum atomic E-state index is -0.258. The van der Waals surface area contributed by atoms with Crippen molar-refractivity contribution in [3.63, 3.8) is 0 Å². The van der Waals surface area contributed by atoms with Crippen LogP contribution in [0.2, 0.25) is 0 Å². The molecule has 0 aliphatic carbocycles. The molecule has 0 atom stereocenters. The predicted molar refractivity (Wildman–Crippen MR) is 58.0 cm³/mol. The molecule has 0 N–H and O–H groups in total. The molecule has 0 unspecified atom stereocenters. The number of alkyl halides is 1. The SMILES string of the molecule is CCOC(=O)C=C(CBr)C(C)(C)C. The Morgan fingerprint density at radius 3 is 2.31 bits per heavy atom. The van der Waals surface area contributed by atoms with Crippen molar-refractivity contribution >= 4 is 21.9 Å². The Morgan fingerprint density at radius 1 is 1.46 bits per heavy atom. The van der Waals surface area contributed by atoms with E-state index in [9.17, 15) is 4.79 Å². The smallest absolute Gasteiger partial charge is 0.330 e. The number of allylic oxidation sites excluding steroid dienone is 1. The van der Waals surface area contributed by atoms with Crippen molar-refractivity contribution in [2.24, 2.45) is 5.41 Å². The number of carbonyl (C=O) groups excluding carboxylic acids is 1.